The van der Waals surface area contributed by atoms with Crippen LogP contribution >= 0.6 is 0 Å². The van der Waals surface area contributed by atoms with Crippen LogP contribution < -0.4 is 0 Å². The fourth-order valence-electron chi connectivity index (χ4n) is 1.92. The smallest absolute Gasteiger partial charge is 0.153 e. The average Bonchev–Trinajstić information content (AvgIpc) is 2.93. The van der Waals surface area contributed by atoms with Gasteiger partial charge in [0, 0.05) is 24.2 Å². The topological polar surface area (TPSA) is 47.8 Å². The molecule has 0 aliphatic carbocycles. The van der Waals surface area contributed by atoms with E-state index in [9.17, 15) is 4.79 Å². The van der Waals surface area contributed by atoms with Crippen molar-refractivity contribution in [2.45, 2.75) is 0 Å². The van der Waals surface area contributed by atoms with Gasteiger partial charge in [0.15, 0.2) is 6.29 Å². The lowest BCUT2D eigenvalue weighted by atomic mass is 10.1. The summed E-state index contributed by atoms with van der Waals surface area (Å²) in [6.45, 7) is 0. The average molecular weight is 249 g/mol. The van der Waals surface area contributed by atoms with Gasteiger partial charge >= 0.3 is 0 Å². The Bertz CT molecular complexity index is 690. The first kappa shape index (κ1) is 11.3. The monoisotopic (exact) mass is 249 g/mol. The van der Waals surface area contributed by atoms with Crippen molar-refractivity contribution in [3.05, 3.63) is 66.6 Å². The third-order valence-electron chi connectivity index (χ3n) is 2.84. The highest BCUT2D eigenvalue weighted by Crippen LogP contribution is 2.21. The summed E-state index contributed by atoms with van der Waals surface area (Å²) < 4.78 is 1.71. The van der Waals surface area contributed by atoms with E-state index in [1.54, 1.807) is 23.3 Å². The van der Waals surface area contributed by atoms with Gasteiger partial charge < -0.3 is 0 Å². The first-order valence-electron chi connectivity index (χ1n) is 5.89. The minimum Gasteiger partial charge on any atom is -0.298 e. The third-order valence-corrected chi connectivity index (χ3v) is 2.84. The molecule has 4 nitrogen and oxygen atoms in total. The van der Waals surface area contributed by atoms with Crippen LogP contribution in [0.15, 0.2) is 61.1 Å². The fourth-order valence-corrected chi connectivity index (χ4v) is 1.92. The maximum atomic E-state index is 11.2. The van der Waals surface area contributed by atoms with Crippen molar-refractivity contribution in [1.82, 2.24) is 14.8 Å². The van der Waals surface area contributed by atoms with Crippen LogP contribution in [0.3, 0.4) is 0 Å². The second-order valence-corrected chi connectivity index (χ2v) is 4.07. The fraction of sp³-hybridized carbons (Fsp3) is 0. The van der Waals surface area contributed by atoms with E-state index in [-0.39, 0.29) is 0 Å². The largest absolute Gasteiger partial charge is 0.298 e. The summed E-state index contributed by atoms with van der Waals surface area (Å²) in [6.07, 6.45) is 5.93. The molecule has 4 heteroatoms. The van der Waals surface area contributed by atoms with Crippen LogP contribution in [-0.4, -0.2) is 21.1 Å². The molecule has 2 aromatic heterocycles. The molecule has 0 saturated carbocycles. The third kappa shape index (κ3) is 2.15. The molecule has 1 aromatic carbocycles. The Morgan fingerprint density at radius 1 is 1.00 bits per heavy atom. The normalized spacial score (nSPS) is 10.3. The van der Waals surface area contributed by atoms with Gasteiger partial charge in [-0.3, -0.25) is 9.78 Å². The molecule has 0 aliphatic rings. The first-order valence-corrected chi connectivity index (χ1v) is 5.89. The number of nitrogens with zero attached hydrogens (tertiary/aromatic N) is 3. The molecule has 0 fully saturated rings. The number of benzene rings is 1. The Morgan fingerprint density at radius 2 is 1.74 bits per heavy atom. The summed E-state index contributed by atoms with van der Waals surface area (Å²) in [4.78, 5) is 15.1. The number of hydrogen-bond acceptors (Lipinski definition) is 3. The number of aldehydes is 1. The quantitative estimate of drug-likeness (QED) is 0.670. The van der Waals surface area contributed by atoms with Crippen LogP contribution in [-0.2, 0) is 0 Å². The molecule has 0 bridgehead atoms. The molecule has 0 unspecified atom stereocenters. The molecule has 0 spiro atoms. The zero-order valence-electron chi connectivity index (χ0n) is 10.1. The van der Waals surface area contributed by atoms with Crippen molar-refractivity contribution in [2.24, 2.45) is 0 Å². The van der Waals surface area contributed by atoms with E-state index in [2.05, 4.69) is 10.1 Å². The zero-order valence-corrected chi connectivity index (χ0v) is 10.1. The highest BCUT2D eigenvalue weighted by atomic mass is 16.1. The second kappa shape index (κ2) is 4.86. The number of carbonyl (C=O) groups excluding carboxylic acids is 1. The van der Waals surface area contributed by atoms with Crippen molar-refractivity contribution in [3.8, 4) is 16.9 Å². The molecule has 0 amide bonds. The van der Waals surface area contributed by atoms with Gasteiger partial charge in [0.2, 0.25) is 0 Å². The highest BCUT2D eigenvalue weighted by Gasteiger charge is 2.11. The molecule has 3 rings (SSSR count). The Kier molecular flexibility index (Phi) is 2.90. The minimum atomic E-state index is 0.565. The van der Waals surface area contributed by atoms with Gasteiger partial charge in [0.1, 0.15) is 5.69 Å². The predicted octanol–water partition coefficient (Wildman–Crippen LogP) is 2.75. The van der Waals surface area contributed by atoms with Gasteiger partial charge in [-0.15, -0.1) is 0 Å². The standard InChI is InChI=1S/C15H11N3O/c19-11-13-10-18(14-4-2-1-3-5-14)17-15(13)12-6-8-16-9-7-12/h1-11H. The van der Waals surface area contributed by atoms with Gasteiger partial charge in [0.25, 0.3) is 0 Å². The summed E-state index contributed by atoms with van der Waals surface area (Å²) in [5.74, 6) is 0. The van der Waals surface area contributed by atoms with E-state index in [1.165, 1.54) is 0 Å². The molecule has 0 saturated heterocycles. The Morgan fingerprint density at radius 3 is 2.42 bits per heavy atom. The molecule has 19 heavy (non-hydrogen) atoms. The summed E-state index contributed by atoms with van der Waals surface area (Å²) in [6, 6.07) is 13.4. The van der Waals surface area contributed by atoms with E-state index in [0.717, 1.165) is 17.5 Å². The van der Waals surface area contributed by atoms with E-state index < -0.39 is 0 Å². The Balaban J connectivity index is 2.12. The Labute approximate surface area is 110 Å². The number of aromatic nitrogens is 3. The van der Waals surface area contributed by atoms with Crippen molar-refractivity contribution in [2.75, 3.05) is 0 Å². The number of para-hydroxylation sites is 1. The van der Waals surface area contributed by atoms with Crippen LogP contribution in [0.2, 0.25) is 0 Å². The van der Waals surface area contributed by atoms with Gasteiger partial charge in [-0.05, 0) is 24.3 Å². The molecule has 3 aromatic rings. The lowest BCUT2D eigenvalue weighted by Gasteiger charge is -1.99. The molecule has 0 radical (unpaired) electrons. The molecule has 2 heterocycles. The number of carbonyl (C=O) groups is 1. The second-order valence-electron chi connectivity index (χ2n) is 4.07. The summed E-state index contributed by atoms with van der Waals surface area (Å²) in [5.41, 5.74) is 3.04. The lowest BCUT2D eigenvalue weighted by Crippen LogP contribution is -1.93. The van der Waals surface area contributed by atoms with Crippen molar-refractivity contribution < 1.29 is 4.79 Å². The van der Waals surface area contributed by atoms with Crippen LogP contribution in [0.4, 0.5) is 0 Å². The van der Waals surface area contributed by atoms with Crippen molar-refractivity contribution in [1.29, 1.82) is 0 Å². The number of pyridine rings is 1. The molecule has 0 aliphatic heterocycles. The van der Waals surface area contributed by atoms with Crippen LogP contribution in [0, 0.1) is 0 Å². The van der Waals surface area contributed by atoms with Gasteiger partial charge in [0.05, 0.1) is 11.3 Å². The zero-order chi connectivity index (χ0) is 13.1. The Hall–Kier alpha value is -2.75. The van der Waals surface area contributed by atoms with E-state index in [0.29, 0.717) is 11.3 Å². The summed E-state index contributed by atoms with van der Waals surface area (Å²) >= 11 is 0. The summed E-state index contributed by atoms with van der Waals surface area (Å²) in [5, 5.41) is 4.48. The molecule has 92 valence electrons. The van der Waals surface area contributed by atoms with E-state index in [1.807, 2.05) is 42.5 Å². The van der Waals surface area contributed by atoms with Crippen LogP contribution in [0.25, 0.3) is 16.9 Å². The van der Waals surface area contributed by atoms with Crippen molar-refractivity contribution >= 4 is 6.29 Å². The maximum Gasteiger partial charge on any atom is 0.153 e. The summed E-state index contributed by atoms with van der Waals surface area (Å²) in [7, 11) is 0. The number of hydrogen-bond donors (Lipinski definition) is 0. The maximum absolute atomic E-state index is 11.2. The van der Waals surface area contributed by atoms with Crippen molar-refractivity contribution in [3.63, 3.8) is 0 Å². The first-order chi connectivity index (χ1) is 9.38. The van der Waals surface area contributed by atoms with E-state index in [4.69, 9.17) is 0 Å². The molecular weight excluding hydrogens is 238 g/mol. The van der Waals surface area contributed by atoms with Crippen LogP contribution in [0.5, 0.6) is 0 Å². The van der Waals surface area contributed by atoms with Gasteiger partial charge in [-0.25, -0.2) is 4.68 Å². The van der Waals surface area contributed by atoms with Crippen LogP contribution in [0.1, 0.15) is 10.4 Å². The lowest BCUT2D eigenvalue weighted by molar-refractivity contribution is 0.112. The van der Waals surface area contributed by atoms with E-state index >= 15 is 0 Å². The molecular formula is C15H11N3O. The number of rotatable bonds is 3. The minimum absolute atomic E-state index is 0.565. The molecule has 0 N–H and O–H groups in total. The SMILES string of the molecule is O=Cc1cn(-c2ccccc2)nc1-c1ccncc1. The van der Waals surface area contributed by atoms with Gasteiger partial charge in [-0.1, -0.05) is 18.2 Å². The van der Waals surface area contributed by atoms with Gasteiger partial charge in [-0.2, -0.15) is 5.10 Å². The predicted molar refractivity (Wildman–Crippen MR) is 72.2 cm³/mol. The highest BCUT2D eigenvalue weighted by molar-refractivity contribution is 5.85. The molecule has 0 atom stereocenters.